The molecule has 0 aliphatic heterocycles. The second-order valence-corrected chi connectivity index (χ2v) is 3.74. The molecule has 0 saturated heterocycles. The summed E-state index contributed by atoms with van der Waals surface area (Å²) in [6.45, 7) is 0. The predicted molar refractivity (Wildman–Crippen MR) is 67.5 cm³/mol. The first-order valence-corrected chi connectivity index (χ1v) is 5.31. The van der Waals surface area contributed by atoms with E-state index >= 15 is 0 Å². The topological polar surface area (TPSA) is 79.0 Å². The molecule has 0 atom stereocenters. The van der Waals surface area contributed by atoms with Gasteiger partial charge in [0.2, 0.25) is 0 Å². The first kappa shape index (κ1) is 12.5. The van der Waals surface area contributed by atoms with E-state index in [1.54, 1.807) is 6.07 Å². The van der Waals surface area contributed by atoms with Crippen LogP contribution in [0.1, 0.15) is 5.56 Å². The Morgan fingerprint density at radius 1 is 1.26 bits per heavy atom. The summed E-state index contributed by atoms with van der Waals surface area (Å²) in [6, 6.07) is 11.5. The zero-order valence-electron chi connectivity index (χ0n) is 9.63. The Kier molecular flexibility index (Phi) is 3.39. The van der Waals surface area contributed by atoms with E-state index < -0.39 is 10.7 Å². The molecule has 94 valence electrons. The minimum absolute atomic E-state index is 0.191. The van der Waals surface area contributed by atoms with Crippen LogP contribution in [0.2, 0.25) is 0 Å². The molecule has 0 amide bonds. The third-order valence-electron chi connectivity index (χ3n) is 2.43. The van der Waals surface area contributed by atoms with E-state index in [2.05, 4.69) is 5.32 Å². The number of nitrogens with zero attached hydrogens (tertiary/aromatic N) is 2. The molecule has 0 bridgehead atoms. The SMILES string of the molecule is N#Cc1ccc(Nc2cccc(F)c2)c([N+](=O)[O-])c1. The zero-order chi connectivity index (χ0) is 13.8. The summed E-state index contributed by atoms with van der Waals surface area (Å²) in [5.41, 5.74) is 0.558. The maximum atomic E-state index is 13.0. The van der Waals surface area contributed by atoms with Crippen molar-refractivity contribution < 1.29 is 9.31 Å². The zero-order valence-corrected chi connectivity index (χ0v) is 9.63. The van der Waals surface area contributed by atoms with Gasteiger partial charge in [0.05, 0.1) is 16.6 Å². The van der Waals surface area contributed by atoms with Crippen LogP contribution in [0.25, 0.3) is 0 Å². The van der Waals surface area contributed by atoms with Crippen molar-refractivity contribution in [3.05, 3.63) is 64.0 Å². The van der Waals surface area contributed by atoms with Crippen LogP contribution in [-0.2, 0) is 0 Å². The van der Waals surface area contributed by atoms with Crippen LogP contribution in [0.5, 0.6) is 0 Å². The Morgan fingerprint density at radius 2 is 2.05 bits per heavy atom. The van der Waals surface area contributed by atoms with Crippen LogP contribution in [0.3, 0.4) is 0 Å². The van der Waals surface area contributed by atoms with E-state index in [4.69, 9.17) is 5.26 Å². The normalized spacial score (nSPS) is 9.68. The number of rotatable bonds is 3. The van der Waals surface area contributed by atoms with Crippen molar-refractivity contribution in [1.82, 2.24) is 0 Å². The summed E-state index contributed by atoms with van der Waals surface area (Å²) >= 11 is 0. The molecule has 0 aliphatic rings. The Labute approximate surface area is 108 Å². The van der Waals surface area contributed by atoms with Gasteiger partial charge in [-0.15, -0.1) is 0 Å². The molecule has 5 nitrogen and oxygen atoms in total. The fourth-order valence-corrected chi connectivity index (χ4v) is 1.58. The predicted octanol–water partition coefficient (Wildman–Crippen LogP) is 3.35. The highest BCUT2D eigenvalue weighted by atomic mass is 19.1. The maximum Gasteiger partial charge on any atom is 0.293 e. The van der Waals surface area contributed by atoms with Gasteiger partial charge < -0.3 is 5.32 Å². The number of hydrogen-bond donors (Lipinski definition) is 1. The summed E-state index contributed by atoms with van der Waals surface area (Å²) in [5.74, 6) is -0.443. The standard InChI is InChI=1S/C13H8FN3O2/c14-10-2-1-3-11(7-10)16-12-5-4-9(8-15)6-13(12)17(18)19/h1-7,16H. The number of nitrogens with one attached hydrogen (secondary N) is 1. The number of anilines is 2. The third-order valence-corrected chi connectivity index (χ3v) is 2.43. The molecule has 0 spiro atoms. The smallest absolute Gasteiger partial charge is 0.293 e. The van der Waals surface area contributed by atoms with Gasteiger partial charge in [0.1, 0.15) is 11.5 Å². The van der Waals surface area contributed by atoms with Crippen LogP contribution in [0.15, 0.2) is 42.5 Å². The van der Waals surface area contributed by atoms with E-state index in [1.165, 1.54) is 36.4 Å². The minimum atomic E-state index is -0.595. The van der Waals surface area contributed by atoms with Crippen LogP contribution < -0.4 is 5.32 Å². The Morgan fingerprint density at radius 3 is 2.68 bits per heavy atom. The number of halogens is 1. The maximum absolute atomic E-state index is 13.0. The van der Waals surface area contributed by atoms with Gasteiger partial charge >= 0.3 is 0 Å². The van der Waals surface area contributed by atoms with Gasteiger partial charge in [-0.05, 0) is 30.3 Å². The number of nitriles is 1. The van der Waals surface area contributed by atoms with Crippen molar-refractivity contribution in [2.24, 2.45) is 0 Å². The van der Waals surface area contributed by atoms with E-state index in [0.29, 0.717) is 5.69 Å². The third kappa shape index (κ3) is 2.84. The molecule has 2 aromatic rings. The number of nitro groups is 1. The molecule has 2 aromatic carbocycles. The molecule has 0 unspecified atom stereocenters. The molecule has 0 heterocycles. The Bertz CT molecular complexity index is 680. The molecule has 1 N–H and O–H groups in total. The molecule has 0 aliphatic carbocycles. The highest BCUT2D eigenvalue weighted by Crippen LogP contribution is 2.28. The fraction of sp³-hybridized carbons (Fsp3) is 0. The van der Waals surface area contributed by atoms with Gasteiger partial charge in [-0.1, -0.05) is 6.07 Å². The lowest BCUT2D eigenvalue weighted by Gasteiger charge is -2.07. The lowest BCUT2D eigenvalue weighted by molar-refractivity contribution is -0.383. The highest BCUT2D eigenvalue weighted by molar-refractivity contribution is 5.70. The van der Waals surface area contributed by atoms with Gasteiger partial charge in [-0.2, -0.15) is 5.26 Å². The molecule has 0 radical (unpaired) electrons. The first-order chi connectivity index (χ1) is 9.10. The van der Waals surface area contributed by atoms with Crippen LogP contribution in [-0.4, -0.2) is 4.92 Å². The van der Waals surface area contributed by atoms with E-state index in [-0.39, 0.29) is 16.9 Å². The molecular weight excluding hydrogens is 249 g/mol. The largest absolute Gasteiger partial charge is 0.350 e. The van der Waals surface area contributed by atoms with Crippen molar-refractivity contribution in [2.75, 3.05) is 5.32 Å². The summed E-state index contributed by atoms with van der Waals surface area (Å²) in [4.78, 5) is 10.3. The van der Waals surface area contributed by atoms with Crippen molar-refractivity contribution in [3.8, 4) is 6.07 Å². The monoisotopic (exact) mass is 257 g/mol. The van der Waals surface area contributed by atoms with Crippen molar-refractivity contribution in [3.63, 3.8) is 0 Å². The Hall–Kier alpha value is -2.94. The first-order valence-electron chi connectivity index (χ1n) is 5.31. The molecule has 0 aromatic heterocycles. The fourth-order valence-electron chi connectivity index (χ4n) is 1.58. The lowest BCUT2D eigenvalue weighted by Crippen LogP contribution is -1.98. The van der Waals surface area contributed by atoms with Gasteiger partial charge in [-0.3, -0.25) is 10.1 Å². The van der Waals surface area contributed by atoms with Crippen LogP contribution in [0.4, 0.5) is 21.5 Å². The highest BCUT2D eigenvalue weighted by Gasteiger charge is 2.14. The quantitative estimate of drug-likeness (QED) is 0.675. The summed E-state index contributed by atoms with van der Waals surface area (Å²) in [6.07, 6.45) is 0. The van der Waals surface area contributed by atoms with Crippen LogP contribution in [0, 0.1) is 27.3 Å². The van der Waals surface area contributed by atoms with Crippen molar-refractivity contribution in [1.29, 1.82) is 5.26 Å². The van der Waals surface area contributed by atoms with Crippen LogP contribution >= 0.6 is 0 Å². The van der Waals surface area contributed by atoms with Crippen molar-refractivity contribution >= 4 is 17.1 Å². The molecular formula is C13H8FN3O2. The molecule has 19 heavy (non-hydrogen) atoms. The number of benzene rings is 2. The van der Waals surface area contributed by atoms with E-state index in [1.807, 2.05) is 6.07 Å². The Balaban J connectivity index is 2.40. The molecule has 0 fully saturated rings. The molecule has 2 rings (SSSR count). The molecule has 0 saturated carbocycles. The lowest BCUT2D eigenvalue weighted by atomic mass is 10.2. The van der Waals surface area contributed by atoms with E-state index in [0.717, 1.165) is 0 Å². The summed E-state index contributed by atoms with van der Waals surface area (Å²) in [5, 5.41) is 22.4. The average molecular weight is 257 g/mol. The minimum Gasteiger partial charge on any atom is -0.350 e. The van der Waals surface area contributed by atoms with Crippen molar-refractivity contribution in [2.45, 2.75) is 0 Å². The summed E-state index contributed by atoms with van der Waals surface area (Å²) < 4.78 is 13.0. The average Bonchev–Trinajstić information content (AvgIpc) is 2.39. The van der Waals surface area contributed by atoms with Gasteiger partial charge in [0.25, 0.3) is 5.69 Å². The number of hydrogen-bond acceptors (Lipinski definition) is 4. The van der Waals surface area contributed by atoms with Gasteiger partial charge in [-0.25, -0.2) is 4.39 Å². The van der Waals surface area contributed by atoms with Gasteiger partial charge in [0.15, 0.2) is 0 Å². The second kappa shape index (κ2) is 5.14. The second-order valence-electron chi connectivity index (χ2n) is 3.74. The summed E-state index contributed by atoms with van der Waals surface area (Å²) in [7, 11) is 0. The number of nitro benzene ring substituents is 1. The van der Waals surface area contributed by atoms with E-state index in [9.17, 15) is 14.5 Å². The van der Waals surface area contributed by atoms with Gasteiger partial charge in [0, 0.05) is 11.8 Å². The molecule has 6 heteroatoms.